The predicted molar refractivity (Wildman–Crippen MR) is 159 cm³/mol. The number of rotatable bonds is 14. The first-order chi connectivity index (χ1) is 22.0. The topological polar surface area (TPSA) is 233 Å². The van der Waals surface area contributed by atoms with E-state index < -0.39 is 78.3 Å². The van der Waals surface area contributed by atoms with E-state index in [9.17, 15) is 49.5 Å². The van der Waals surface area contributed by atoms with E-state index >= 15 is 0 Å². The molecule has 15 nitrogen and oxygen atoms in total. The van der Waals surface area contributed by atoms with E-state index in [1.54, 1.807) is 0 Å². The van der Waals surface area contributed by atoms with Crippen LogP contribution in [0.2, 0.25) is 0 Å². The summed E-state index contributed by atoms with van der Waals surface area (Å²) in [6, 6.07) is 4.24. The third-order valence-electron chi connectivity index (χ3n) is 6.78. The van der Waals surface area contributed by atoms with Gasteiger partial charge < -0.3 is 49.2 Å². The zero-order valence-corrected chi connectivity index (χ0v) is 26.3. The van der Waals surface area contributed by atoms with Gasteiger partial charge in [-0.15, -0.1) is 0 Å². The van der Waals surface area contributed by atoms with Crippen molar-refractivity contribution in [1.29, 1.82) is 0 Å². The van der Waals surface area contributed by atoms with Gasteiger partial charge in [0, 0.05) is 18.6 Å². The van der Waals surface area contributed by atoms with Crippen molar-refractivity contribution in [1.82, 2.24) is 0 Å². The second-order valence-electron chi connectivity index (χ2n) is 11.4. The molecule has 0 radical (unpaired) electrons. The van der Waals surface area contributed by atoms with Gasteiger partial charge in [0.15, 0.2) is 0 Å². The summed E-state index contributed by atoms with van der Waals surface area (Å²) in [5.41, 5.74) is -0.394. The van der Waals surface area contributed by atoms with Crippen molar-refractivity contribution in [3.63, 3.8) is 0 Å². The van der Waals surface area contributed by atoms with Crippen molar-refractivity contribution in [3.05, 3.63) is 46.5 Å². The van der Waals surface area contributed by atoms with E-state index in [1.807, 2.05) is 0 Å². The van der Waals surface area contributed by atoms with Crippen LogP contribution in [0.4, 0.5) is 0 Å². The van der Waals surface area contributed by atoms with Gasteiger partial charge in [-0.3, -0.25) is 14.4 Å². The van der Waals surface area contributed by atoms with E-state index in [4.69, 9.17) is 23.7 Å². The molecule has 1 fully saturated rings. The summed E-state index contributed by atoms with van der Waals surface area (Å²) in [7, 11) is 0. The Balaban J connectivity index is 1.59. The average Bonchev–Trinajstić information content (AvgIpc) is 3.30. The van der Waals surface area contributed by atoms with Crippen LogP contribution in [0.5, 0.6) is 23.0 Å². The molecule has 0 unspecified atom stereocenters. The molecule has 1 aliphatic heterocycles. The number of aliphatic hydroxyl groups is 1. The lowest BCUT2D eigenvalue weighted by Gasteiger charge is -2.20. The molecule has 0 saturated carbocycles. The number of ether oxygens (including phenoxy) is 5. The van der Waals surface area contributed by atoms with Gasteiger partial charge in [0.05, 0.1) is 25.4 Å². The molecule has 256 valence electrons. The minimum absolute atomic E-state index is 0.0632. The van der Waals surface area contributed by atoms with E-state index in [-0.39, 0.29) is 66.0 Å². The second kappa shape index (κ2) is 16.0. The quantitative estimate of drug-likeness (QED) is 0.144. The Kier molecular flexibility index (Phi) is 12.4. The van der Waals surface area contributed by atoms with E-state index in [2.05, 4.69) is 0 Å². The highest BCUT2D eigenvalue weighted by molar-refractivity contribution is 5.95. The van der Waals surface area contributed by atoms with Crippen LogP contribution < -0.4 is 0 Å². The smallest absolute Gasteiger partial charge is 0.342 e. The van der Waals surface area contributed by atoms with Crippen LogP contribution in [0.15, 0.2) is 24.3 Å². The molecule has 2 aromatic rings. The lowest BCUT2D eigenvalue weighted by atomic mass is 10.00. The summed E-state index contributed by atoms with van der Waals surface area (Å²) >= 11 is 0. The summed E-state index contributed by atoms with van der Waals surface area (Å²) in [5.74, 6) is -5.93. The first-order valence-corrected chi connectivity index (χ1v) is 14.8. The Labute approximate surface area is 269 Å². The Morgan fingerprint density at radius 3 is 1.70 bits per heavy atom. The Hall–Kier alpha value is -5.05. The van der Waals surface area contributed by atoms with E-state index in [0.29, 0.717) is 0 Å². The summed E-state index contributed by atoms with van der Waals surface area (Å²) in [5, 5.41) is 50.2. The van der Waals surface area contributed by atoms with Crippen LogP contribution in [0.3, 0.4) is 0 Å². The number of hydrogen-bond acceptors (Lipinski definition) is 15. The minimum atomic E-state index is -1.03. The summed E-state index contributed by atoms with van der Waals surface area (Å²) in [6.45, 7) is 5.71. The third-order valence-corrected chi connectivity index (χ3v) is 6.78. The molecule has 5 N–H and O–H groups in total. The normalized spacial score (nSPS) is 16.7. The highest BCUT2D eigenvalue weighted by Gasteiger charge is 2.29. The molecule has 15 heteroatoms. The van der Waals surface area contributed by atoms with E-state index in [0.717, 1.165) is 12.1 Å². The molecule has 0 bridgehead atoms. The number of aliphatic hydroxyl groups excluding tert-OH is 1. The monoisotopic (exact) mass is 662 g/mol. The third kappa shape index (κ3) is 10.8. The molecule has 0 amide bonds. The average molecular weight is 663 g/mol. The van der Waals surface area contributed by atoms with Gasteiger partial charge in [0.25, 0.3) is 0 Å². The van der Waals surface area contributed by atoms with Crippen molar-refractivity contribution in [3.8, 4) is 23.0 Å². The Morgan fingerprint density at radius 2 is 1.23 bits per heavy atom. The fraction of sp³-hybridized carbons (Fsp3) is 0.469. The lowest BCUT2D eigenvalue weighted by molar-refractivity contribution is -0.151. The standard InChI is InChI=1S/C32H38O15/c1-15(33)5-19-9-21(34)11-24(36)29(19)31(41)45-17(3)7-27(39)44-16(2)6-20-10-22(35)12-25(37)30(20)32(42)46-18(4)8-28(40)47-23-13-26(38)43-14-23/h9-12,15-18,23,33-37H,5-8,13-14H2,1-4H3/t15-,16-,17-,18-,23+/m1/s1. The number of hydrogen-bond donors (Lipinski definition) is 5. The van der Waals surface area contributed by atoms with Crippen LogP contribution in [0.25, 0.3) is 0 Å². The zero-order valence-electron chi connectivity index (χ0n) is 26.3. The maximum Gasteiger partial charge on any atom is 0.342 e. The molecule has 47 heavy (non-hydrogen) atoms. The van der Waals surface area contributed by atoms with Crippen LogP contribution in [0, 0.1) is 0 Å². The van der Waals surface area contributed by atoms with Gasteiger partial charge in [-0.1, -0.05) is 0 Å². The maximum absolute atomic E-state index is 13.0. The summed E-state index contributed by atoms with van der Waals surface area (Å²) in [6.07, 6.45) is -5.63. The summed E-state index contributed by atoms with van der Waals surface area (Å²) < 4.78 is 25.9. The maximum atomic E-state index is 13.0. The van der Waals surface area contributed by atoms with Gasteiger partial charge in [-0.2, -0.15) is 0 Å². The highest BCUT2D eigenvalue weighted by Crippen LogP contribution is 2.31. The molecule has 1 aliphatic rings. The number of phenolic OH excluding ortho intramolecular Hbond substituents is 4. The van der Waals surface area contributed by atoms with Gasteiger partial charge in [-0.05, 0) is 57.4 Å². The molecule has 1 saturated heterocycles. The van der Waals surface area contributed by atoms with Crippen molar-refractivity contribution >= 4 is 29.8 Å². The van der Waals surface area contributed by atoms with Gasteiger partial charge >= 0.3 is 29.8 Å². The minimum Gasteiger partial charge on any atom is -0.508 e. The molecule has 0 aliphatic carbocycles. The van der Waals surface area contributed by atoms with E-state index in [1.165, 1.54) is 39.8 Å². The molecular formula is C32H38O15. The van der Waals surface area contributed by atoms with Crippen LogP contribution in [-0.4, -0.2) is 92.5 Å². The lowest BCUT2D eigenvalue weighted by Crippen LogP contribution is -2.26. The Morgan fingerprint density at radius 1 is 0.745 bits per heavy atom. The number of carbonyl (C=O) groups excluding carboxylic acids is 5. The van der Waals surface area contributed by atoms with Crippen LogP contribution in [-0.2, 0) is 50.9 Å². The van der Waals surface area contributed by atoms with Crippen LogP contribution >= 0.6 is 0 Å². The predicted octanol–water partition coefficient (Wildman–Crippen LogP) is 2.34. The molecule has 2 aromatic carbocycles. The molecule has 5 atom stereocenters. The number of phenols is 4. The van der Waals surface area contributed by atoms with Gasteiger partial charge in [0.1, 0.15) is 65.1 Å². The number of esters is 5. The van der Waals surface area contributed by atoms with Crippen molar-refractivity contribution in [2.45, 2.75) is 90.3 Å². The highest BCUT2D eigenvalue weighted by atomic mass is 16.6. The summed E-state index contributed by atoms with van der Waals surface area (Å²) in [4.78, 5) is 61.8. The van der Waals surface area contributed by atoms with Crippen molar-refractivity contribution < 1.29 is 73.2 Å². The number of aromatic hydroxyl groups is 4. The van der Waals surface area contributed by atoms with Crippen molar-refractivity contribution in [2.24, 2.45) is 0 Å². The first-order valence-electron chi connectivity index (χ1n) is 14.8. The largest absolute Gasteiger partial charge is 0.508 e. The molecule has 0 spiro atoms. The Bertz CT molecular complexity index is 1500. The molecule has 0 aromatic heterocycles. The molecule has 1 heterocycles. The fourth-order valence-electron chi connectivity index (χ4n) is 4.91. The first kappa shape index (κ1) is 36.4. The van der Waals surface area contributed by atoms with Gasteiger partial charge in [-0.25, -0.2) is 9.59 Å². The number of carbonyl (C=O) groups is 5. The second-order valence-corrected chi connectivity index (χ2v) is 11.4. The fourth-order valence-corrected chi connectivity index (χ4v) is 4.91. The molecular weight excluding hydrogens is 624 g/mol. The number of cyclic esters (lactones) is 1. The van der Waals surface area contributed by atoms with Gasteiger partial charge in [0.2, 0.25) is 0 Å². The zero-order chi connectivity index (χ0) is 35.0. The number of benzene rings is 2. The van der Waals surface area contributed by atoms with Crippen molar-refractivity contribution in [2.75, 3.05) is 6.61 Å². The molecule has 3 rings (SSSR count). The SMILES string of the molecule is C[C@H](Cc1cc(O)cc(O)c1C(=O)O[C@H](C)CC(=O)O[C@@H]1COC(=O)C1)OC(=O)C[C@@H](C)OC(=O)c1c(O)cc(O)cc1C[C@@H](C)O. The van der Waals surface area contributed by atoms with Crippen LogP contribution in [0.1, 0.15) is 78.8 Å².